The normalized spacial score (nSPS) is 17.2. The summed E-state index contributed by atoms with van der Waals surface area (Å²) in [6, 6.07) is 6.24. The fourth-order valence-corrected chi connectivity index (χ4v) is 4.66. The number of fused-ring (bicyclic) bond motifs is 1. The second-order valence-corrected chi connectivity index (χ2v) is 8.20. The number of amides is 1. The van der Waals surface area contributed by atoms with Crippen molar-refractivity contribution in [3.8, 4) is 17.5 Å². The number of benzene rings is 1. The maximum atomic E-state index is 11.8. The molecule has 8 nitrogen and oxygen atoms in total. The van der Waals surface area contributed by atoms with Gasteiger partial charge in [-0.1, -0.05) is 12.6 Å². The molecular weight excluding hydrogens is 378 g/mol. The van der Waals surface area contributed by atoms with Gasteiger partial charge in [-0.15, -0.1) is 0 Å². The number of carbonyl (C=O) groups excluding carboxylic acids is 1. The number of aromatic nitrogens is 4. The first-order valence-corrected chi connectivity index (χ1v) is 9.90. The zero-order valence-corrected chi connectivity index (χ0v) is 16.7. The maximum absolute atomic E-state index is 11.8. The van der Waals surface area contributed by atoms with Crippen molar-refractivity contribution in [1.82, 2.24) is 25.1 Å². The molecule has 2 fully saturated rings. The molecule has 1 amide bonds. The number of H-pyrrole nitrogens is 1. The SMILES string of the molecule is C=CC(=O)N1CC2(CCN(c3nc(-c4c(C)ccc5[nH]ncc45)ncc3C#N)C2)C1. The highest BCUT2D eigenvalue weighted by Gasteiger charge is 2.49. The molecule has 2 saturated heterocycles. The number of aromatic amines is 1. The van der Waals surface area contributed by atoms with Crippen LogP contribution in [0.5, 0.6) is 0 Å². The van der Waals surface area contributed by atoms with E-state index >= 15 is 0 Å². The highest BCUT2D eigenvalue weighted by molar-refractivity contribution is 5.94. The number of nitrogens with zero attached hydrogens (tertiary/aromatic N) is 6. The molecule has 1 spiro atoms. The Kier molecular flexibility index (Phi) is 4.07. The Labute approximate surface area is 173 Å². The third-order valence-electron chi connectivity index (χ3n) is 6.22. The van der Waals surface area contributed by atoms with E-state index in [2.05, 4.69) is 32.7 Å². The molecule has 0 bridgehead atoms. The van der Waals surface area contributed by atoms with Crippen LogP contribution in [0, 0.1) is 23.7 Å². The summed E-state index contributed by atoms with van der Waals surface area (Å²) < 4.78 is 0. The molecule has 0 atom stereocenters. The van der Waals surface area contributed by atoms with Gasteiger partial charge in [-0.2, -0.15) is 10.4 Å². The van der Waals surface area contributed by atoms with E-state index in [1.54, 1.807) is 12.4 Å². The molecule has 3 aromatic rings. The van der Waals surface area contributed by atoms with Crippen molar-refractivity contribution in [2.45, 2.75) is 13.3 Å². The Morgan fingerprint density at radius 2 is 2.17 bits per heavy atom. The summed E-state index contributed by atoms with van der Waals surface area (Å²) in [6.07, 6.45) is 5.72. The van der Waals surface area contributed by atoms with Crippen molar-refractivity contribution in [2.24, 2.45) is 5.41 Å². The van der Waals surface area contributed by atoms with Crippen LogP contribution in [0.25, 0.3) is 22.3 Å². The number of hydrogen-bond donors (Lipinski definition) is 1. The van der Waals surface area contributed by atoms with Crippen LogP contribution < -0.4 is 4.90 Å². The minimum absolute atomic E-state index is 0.0233. The number of hydrogen-bond acceptors (Lipinski definition) is 6. The first-order valence-electron chi connectivity index (χ1n) is 9.90. The van der Waals surface area contributed by atoms with E-state index in [0.29, 0.717) is 17.2 Å². The maximum Gasteiger partial charge on any atom is 0.245 e. The average molecular weight is 399 g/mol. The summed E-state index contributed by atoms with van der Waals surface area (Å²) in [7, 11) is 0. The smallest absolute Gasteiger partial charge is 0.245 e. The standard InChI is InChI=1S/C22H21N7O/c1-3-18(30)29-12-22(13-29)6-7-28(11-22)21-15(8-23)9-24-20(26-21)19-14(2)4-5-17-16(19)10-25-27-17/h3-5,9-10H,1,6-7,11-13H2,2H3,(H,25,27). The Morgan fingerprint density at radius 3 is 2.93 bits per heavy atom. The van der Waals surface area contributed by atoms with Gasteiger partial charge in [0.15, 0.2) is 11.6 Å². The number of nitrogens with one attached hydrogen (secondary N) is 1. The van der Waals surface area contributed by atoms with Gasteiger partial charge in [0, 0.05) is 42.5 Å². The van der Waals surface area contributed by atoms with Gasteiger partial charge in [0.25, 0.3) is 0 Å². The van der Waals surface area contributed by atoms with Crippen LogP contribution in [0.1, 0.15) is 17.5 Å². The largest absolute Gasteiger partial charge is 0.355 e. The Morgan fingerprint density at radius 1 is 1.33 bits per heavy atom. The Hall–Kier alpha value is -3.73. The summed E-state index contributed by atoms with van der Waals surface area (Å²) in [5, 5.41) is 17.7. The van der Waals surface area contributed by atoms with Crippen molar-refractivity contribution in [2.75, 3.05) is 31.1 Å². The Balaban J connectivity index is 1.49. The number of nitriles is 1. The molecule has 0 radical (unpaired) electrons. The predicted molar refractivity (Wildman–Crippen MR) is 113 cm³/mol. The van der Waals surface area contributed by atoms with E-state index in [1.165, 1.54) is 6.08 Å². The van der Waals surface area contributed by atoms with Crippen molar-refractivity contribution in [1.29, 1.82) is 5.26 Å². The van der Waals surface area contributed by atoms with Gasteiger partial charge in [-0.3, -0.25) is 9.89 Å². The van der Waals surface area contributed by atoms with E-state index in [1.807, 2.05) is 24.0 Å². The first kappa shape index (κ1) is 18.3. The summed E-state index contributed by atoms with van der Waals surface area (Å²) in [4.78, 5) is 25.1. The quantitative estimate of drug-likeness (QED) is 0.679. The zero-order chi connectivity index (χ0) is 20.9. The molecule has 2 aliphatic heterocycles. The van der Waals surface area contributed by atoms with Crippen LogP contribution in [0.2, 0.25) is 0 Å². The second kappa shape index (κ2) is 6.66. The predicted octanol–water partition coefficient (Wildman–Crippen LogP) is 2.42. The molecule has 0 saturated carbocycles. The molecule has 30 heavy (non-hydrogen) atoms. The van der Waals surface area contributed by atoms with Gasteiger partial charge in [0.05, 0.1) is 17.9 Å². The number of carbonyl (C=O) groups is 1. The lowest BCUT2D eigenvalue weighted by Gasteiger charge is -2.47. The van der Waals surface area contributed by atoms with Crippen molar-refractivity contribution in [3.05, 3.63) is 48.3 Å². The van der Waals surface area contributed by atoms with Gasteiger partial charge >= 0.3 is 0 Å². The van der Waals surface area contributed by atoms with Crippen molar-refractivity contribution in [3.63, 3.8) is 0 Å². The molecule has 2 aromatic heterocycles. The van der Waals surface area contributed by atoms with Crippen molar-refractivity contribution >= 4 is 22.6 Å². The van der Waals surface area contributed by atoms with E-state index in [4.69, 9.17) is 4.98 Å². The summed E-state index contributed by atoms with van der Waals surface area (Å²) >= 11 is 0. The fourth-order valence-electron chi connectivity index (χ4n) is 4.66. The van der Waals surface area contributed by atoms with E-state index in [0.717, 1.165) is 54.6 Å². The van der Waals surface area contributed by atoms with E-state index < -0.39 is 0 Å². The Bertz CT molecular complexity index is 1220. The van der Waals surface area contributed by atoms with Crippen LogP contribution in [0.4, 0.5) is 5.82 Å². The summed E-state index contributed by atoms with van der Waals surface area (Å²) in [5.41, 5.74) is 3.43. The lowest BCUT2D eigenvalue weighted by molar-refractivity contribution is -0.136. The van der Waals surface area contributed by atoms with Crippen LogP contribution in [-0.4, -0.2) is 57.2 Å². The lowest BCUT2D eigenvalue weighted by atomic mass is 9.79. The molecule has 0 aliphatic carbocycles. The molecular formula is C22H21N7O. The lowest BCUT2D eigenvalue weighted by Crippen LogP contribution is -2.59. The first-order chi connectivity index (χ1) is 14.5. The highest BCUT2D eigenvalue weighted by Crippen LogP contribution is 2.42. The van der Waals surface area contributed by atoms with E-state index in [9.17, 15) is 10.1 Å². The molecule has 4 heterocycles. The van der Waals surface area contributed by atoms with Gasteiger partial charge in [-0.05, 0) is 31.1 Å². The van der Waals surface area contributed by atoms with Crippen LogP contribution in [-0.2, 0) is 4.79 Å². The molecule has 150 valence electrons. The van der Waals surface area contributed by atoms with Crippen LogP contribution in [0.3, 0.4) is 0 Å². The van der Waals surface area contributed by atoms with E-state index in [-0.39, 0.29) is 11.3 Å². The monoisotopic (exact) mass is 399 g/mol. The van der Waals surface area contributed by atoms with Gasteiger partial charge < -0.3 is 9.80 Å². The number of anilines is 1. The van der Waals surface area contributed by atoms with Crippen LogP contribution >= 0.6 is 0 Å². The summed E-state index contributed by atoms with van der Waals surface area (Å²) in [6.45, 7) is 8.61. The number of aryl methyl sites for hydroxylation is 1. The summed E-state index contributed by atoms with van der Waals surface area (Å²) in [5.74, 6) is 1.23. The molecule has 8 heteroatoms. The van der Waals surface area contributed by atoms with Crippen LogP contribution in [0.15, 0.2) is 37.2 Å². The van der Waals surface area contributed by atoms with Crippen molar-refractivity contribution < 1.29 is 4.79 Å². The van der Waals surface area contributed by atoms with Gasteiger partial charge in [-0.25, -0.2) is 9.97 Å². The third kappa shape index (κ3) is 2.74. The fraction of sp³-hybridized carbons (Fsp3) is 0.318. The topological polar surface area (TPSA) is 102 Å². The van der Waals surface area contributed by atoms with Gasteiger partial charge in [0.1, 0.15) is 11.6 Å². The zero-order valence-electron chi connectivity index (χ0n) is 16.7. The molecule has 2 aliphatic rings. The molecule has 1 N–H and O–H groups in total. The highest BCUT2D eigenvalue weighted by atomic mass is 16.2. The molecule has 1 aromatic carbocycles. The minimum atomic E-state index is -0.0233. The molecule has 5 rings (SSSR count). The molecule has 0 unspecified atom stereocenters. The third-order valence-corrected chi connectivity index (χ3v) is 6.22. The number of likely N-dealkylation sites (tertiary alicyclic amines) is 1. The second-order valence-electron chi connectivity index (χ2n) is 8.20. The number of rotatable bonds is 3. The minimum Gasteiger partial charge on any atom is -0.355 e. The average Bonchev–Trinajstić information content (AvgIpc) is 3.39. The van der Waals surface area contributed by atoms with Gasteiger partial charge in [0.2, 0.25) is 5.91 Å².